The minimum Gasteiger partial charge on any atom is -0.353 e. The zero-order valence-corrected chi connectivity index (χ0v) is 13.4. The molecule has 0 atom stereocenters. The summed E-state index contributed by atoms with van der Waals surface area (Å²) in [6.45, 7) is 5.41. The fraction of sp³-hybridized carbons (Fsp3) is 0.400. The number of hydrogen-bond acceptors (Lipinski definition) is 5. The molecule has 6 heteroatoms. The highest BCUT2D eigenvalue weighted by Gasteiger charge is 2.09. The quantitative estimate of drug-likeness (QED) is 0.891. The van der Waals surface area contributed by atoms with Crippen molar-refractivity contribution in [3.05, 3.63) is 40.0 Å². The number of pyridine rings is 1. The van der Waals surface area contributed by atoms with Crippen LogP contribution >= 0.6 is 11.3 Å². The normalized spacial score (nSPS) is 10.4. The van der Waals surface area contributed by atoms with Crippen LogP contribution in [0.15, 0.2) is 23.7 Å². The van der Waals surface area contributed by atoms with Gasteiger partial charge in [-0.05, 0) is 25.5 Å². The average molecular weight is 304 g/mol. The van der Waals surface area contributed by atoms with Gasteiger partial charge in [-0.1, -0.05) is 6.92 Å². The van der Waals surface area contributed by atoms with Crippen LogP contribution in [0.1, 0.15) is 34.4 Å². The van der Waals surface area contributed by atoms with Crippen molar-refractivity contribution in [2.75, 3.05) is 18.5 Å². The van der Waals surface area contributed by atoms with E-state index in [4.69, 9.17) is 0 Å². The van der Waals surface area contributed by atoms with Crippen LogP contribution in [0.3, 0.4) is 0 Å². The highest BCUT2D eigenvalue weighted by molar-refractivity contribution is 7.09. The van der Waals surface area contributed by atoms with Gasteiger partial charge in [-0.3, -0.25) is 4.79 Å². The second-order valence-electron chi connectivity index (χ2n) is 4.90. The Morgan fingerprint density at radius 3 is 2.81 bits per heavy atom. The summed E-state index contributed by atoms with van der Waals surface area (Å²) in [5.41, 5.74) is 1.63. The number of aromatic nitrogens is 2. The van der Waals surface area contributed by atoms with E-state index in [0.29, 0.717) is 18.7 Å². The molecule has 2 heterocycles. The number of thiazole rings is 1. The standard InChI is InChI=1S/C15H20N4OS/c1-4-7-16-15(20)12-5-6-13(17-8-12)19(3)9-14-18-11(2)10-21-14/h5-6,8,10H,4,7,9H2,1-3H3,(H,16,20). The Kier molecular flexibility index (Phi) is 5.27. The molecule has 0 radical (unpaired) electrons. The van der Waals surface area contributed by atoms with Gasteiger partial charge < -0.3 is 10.2 Å². The van der Waals surface area contributed by atoms with Crippen molar-refractivity contribution in [3.8, 4) is 0 Å². The Morgan fingerprint density at radius 2 is 2.24 bits per heavy atom. The molecule has 21 heavy (non-hydrogen) atoms. The summed E-state index contributed by atoms with van der Waals surface area (Å²) in [7, 11) is 1.97. The van der Waals surface area contributed by atoms with Crippen molar-refractivity contribution in [2.24, 2.45) is 0 Å². The van der Waals surface area contributed by atoms with E-state index in [2.05, 4.69) is 15.3 Å². The summed E-state index contributed by atoms with van der Waals surface area (Å²) in [6, 6.07) is 3.66. The maximum Gasteiger partial charge on any atom is 0.252 e. The lowest BCUT2D eigenvalue weighted by Crippen LogP contribution is -2.24. The number of amides is 1. The van der Waals surface area contributed by atoms with Crippen molar-refractivity contribution >= 4 is 23.1 Å². The van der Waals surface area contributed by atoms with Gasteiger partial charge in [0.05, 0.1) is 12.1 Å². The molecule has 0 aliphatic heterocycles. The topological polar surface area (TPSA) is 58.1 Å². The molecule has 0 unspecified atom stereocenters. The zero-order chi connectivity index (χ0) is 15.2. The first-order valence-corrected chi connectivity index (χ1v) is 7.84. The number of hydrogen-bond donors (Lipinski definition) is 1. The number of rotatable bonds is 6. The molecular formula is C15H20N4OS. The van der Waals surface area contributed by atoms with E-state index in [1.807, 2.05) is 37.2 Å². The van der Waals surface area contributed by atoms with Crippen molar-refractivity contribution < 1.29 is 4.79 Å². The largest absolute Gasteiger partial charge is 0.353 e. The third kappa shape index (κ3) is 4.26. The smallest absolute Gasteiger partial charge is 0.252 e. The molecule has 2 aromatic heterocycles. The minimum absolute atomic E-state index is 0.0749. The van der Waals surface area contributed by atoms with Gasteiger partial charge in [0, 0.05) is 30.9 Å². The van der Waals surface area contributed by atoms with E-state index in [1.54, 1.807) is 23.6 Å². The van der Waals surface area contributed by atoms with E-state index in [-0.39, 0.29) is 5.91 Å². The van der Waals surface area contributed by atoms with E-state index < -0.39 is 0 Å². The highest BCUT2D eigenvalue weighted by Crippen LogP contribution is 2.16. The van der Waals surface area contributed by atoms with Gasteiger partial charge in [0.2, 0.25) is 0 Å². The predicted octanol–water partition coefficient (Wildman–Crippen LogP) is 2.62. The Hall–Kier alpha value is -1.95. The maximum absolute atomic E-state index is 11.8. The molecule has 0 saturated heterocycles. The minimum atomic E-state index is -0.0749. The van der Waals surface area contributed by atoms with Crippen molar-refractivity contribution in [2.45, 2.75) is 26.8 Å². The summed E-state index contributed by atoms with van der Waals surface area (Å²) in [5.74, 6) is 0.754. The molecular weight excluding hydrogens is 284 g/mol. The lowest BCUT2D eigenvalue weighted by Gasteiger charge is -2.16. The Morgan fingerprint density at radius 1 is 1.43 bits per heavy atom. The number of anilines is 1. The van der Waals surface area contributed by atoms with Crippen molar-refractivity contribution in [1.82, 2.24) is 15.3 Å². The zero-order valence-electron chi connectivity index (χ0n) is 12.6. The van der Waals surface area contributed by atoms with E-state index in [9.17, 15) is 4.79 Å². The van der Waals surface area contributed by atoms with Gasteiger partial charge in [-0.2, -0.15) is 0 Å². The van der Waals surface area contributed by atoms with Crippen molar-refractivity contribution in [3.63, 3.8) is 0 Å². The molecule has 1 amide bonds. The number of nitrogens with one attached hydrogen (secondary N) is 1. The Balaban J connectivity index is 1.99. The molecule has 0 spiro atoms. The molecule has 2 aromatic rings. The molecule has 2 rings (SSSR count). The van der Waals surface area contributed by atoms with Crippen LogP contribution in [0, 0.1) is 6.92 Å². The van der Waals surface area contributed by atoms with Gasteiger partial charge in [0.25, 0.3) is 5.91 Å². The predicted molar refractivity (Wildman–Crippen MR) is 85.8 cm³/mol. The third-order valence-corrected chi connectivity index (χ3v) is 3.93. The maximum atomic E-state index is 11.8. The second-order valence-corrected chi connectivity index (χ2v) is 5.84. The van der Waals surface area contributed by atoms with Gasteiger partial charge in [0.15, 0.2) is 0 Å². The lowest BCUT2D eigenvalue weighted by atomic mass is 10.2. The summed E-state index contributed by atoms with van der Waals surface area (Å²) >= 11 is 1.64. The summed E-state index contributed by atoms with van der Waals surface area (Å²) in [6.07, 6.45) is 2.54. The third-order valence-electron chi connectivity index (χ3n) is 2.98. The second kappa shape index (κ2) is 7.17. The van der Waals surface area contributed by atoms with Crippen LogP contribution in [0.5, 0.6) is 0 Å². The van der Waals surface area contributed by atoms with Gasteiger partial charge in [-0.15, -0.1) is 11.3 Å². The molecule has 0 bridgehead atoms. The molecule has 1 N–H and O–H groups in total. The Labute approximate surface area is 129 Å². The number of carbonyl (C=O) groups excluding carboxylic acids is 1. The van der Waals surface area contributed by atoms with Crippen molar-refractivity contribution in [1.29, 1.82) is 0 Å². The molecule has 0 fully saturated rings. The first-order chi connectivity index (χ1) is 10.1. The molecule has 112 valence electrons. The van der Waals surface area contributed by atoms with Crippen LogP contribution in [-0.4, -0.2) is 29.5 Å². The highest BCUT2D eigenvalue weighted by atomic mass is 32.1. The molecule has 0 saturated carbocycles. The SMILES string of the molecule is CCCNC(=O)c1ccc(N(C)Cc2nc(C)cs2)nc1. The molecule has 0 aromatic carbocycles. The van der Waals surface area contributed by atoms with Crippen LogP contribution in [0.4, 0.5) is 5.82 Å². The number of aryl methyl sites for hydroxylation is 1. The van der Waals surface area contributed by atoms with E-state index in [1.165, 1.54) is 0 Å². The number of nitrogens with zero attached hydrogens (tertiary/aromatic N) is 3. The molecule has 0 aliphatic rings. The first kappa shape index (κ1) is 15.4. The number of carbonyl (C=O) groups is 1. The molecule has 0 aliphatic carbocycles. The summed E-state index contributed by atoms with van der Waals surface area (Å²) < 4.78 is 0. The van der Waals surface area contributed by atoms with Gasteiger partial charge in [0.1, 0.15) is 10.8 Å². The van der Waals surface area contributed by atoms with E-state index >= 15 is 0 Å². The average Bonchev–Trinajstić information content (AvgIpc) is 2.90. The fourth-order valence-corrected chi connectivity index (χ4v) is 2.67. The van der Waals surface area contributed by atoms with Gasteiger partial charge >= 0.3 is 0 Å². The monoisotopic (exact) mass is 304 g/mol. The summed E-state index contributed by atoms with van der Waals surface area (Å²) in [5, 5.41) is 5.94. The molecule has 5 nitrogen and oxygen atoms in total. The fourth-order valence-electron chi connectivity index (χ4n) is 1.85. The van der Waals surface area contributed by atoms with Crippen LogP contribution < -0.4 is 10.2 Å². The van der Waals surface area contributed by atoms with Crippen LogP contribution in [0.25, 0.3) is 0 Å². The van der Waals surface area contributed by atoms with Crippen LogP contribution in [0.2, 0.25) is 0 Å². The van der Waals surface area contributed by atoms with E-state index in [0.717, 1.165) is 22.9 Å². The lowest BCUT2D eigenvalue weighted by molar-refractivity contribution is 0.0953. The Bertz CT molecular complexity index is 594. The summed E-state index contributed by atoms with van der Waals surface area (Å²) in [4.78, 5) is 22.6. The van der Waals surface area contributed by atoms with Crippen LogP contribution in [-0.2, 0) is 6.54 Å². The van der Waals surface area contributed by atoms with Gasteiger partial charge in [-0.25, -0.2) is 9.97 Å². The first-order valence-electron chi connectivity index (χ1n) is 6.96.